The van der Waals surface area contributed by atoms with Crippen molar-refractivity contribution in [3.05, 3.63) is 36.0 Å². The highest BCUT2D eigenvalue weighted by Gasteiger charge is 2.45. The summed E-state index contributed by atoms with van der Waals surface area (Å²) in [7, 11) is 0. The number of rotatable bonds is 4. The molecule has 0 bridgehead atoms. The molecule has 24 heavy (non-hydrogen) atoms. The van der Waals surface area contributed by atoms with E-state index < -0.39 is 43.3 Å². The largest absolute Gasteiger partial charge is 0.456 e. The third-order valence-corrected chi connectivity index (χ3v) is 4.12. The van der Waals surface area contributed by atoms with Gasteiger partial charge in [0, 0.05) is 17.1 Å². The van der Waals surface area contributed by atoms with E-state index in [1.807, 2.05) is 24.3 Å². The Labute approximate surface area is 137 Å². The number of benzene rings is 1. The Balaban J connectivity index is 1.71. The van der Waals surface area contributed by atoms with Crippen molar-refractivity contribution in [2.75, 3.05) is 6.61 Å². The Kier molecular flexibility index (Phi) is 4.83. The average molecular weight is 337 g/mol. The van der Waals surface area contributed by atoms with Crippen LogP contribution < -0.4 is 0 Å². The van der Waals surface area contributed by atoms with Gasteiger partial charge in [-0.25, -0.2) is 0 Å². The van der Waals surface area contributed by atoms with Crippen LogP contribution in [0.5, 0.6) is 0 Å². The summed E-state index contributed by atoms with van der Waals surface area (Å²) in [5.74, 6) is -0.644. The van der Waals surface area contributed by atoms with Crippen LogP contribution in [-0.2, 0) is 20.7 Å². The zero-order valence-corrected chi connectivity index (χ0v) is 12.7. The number of nitrogens with one attached hydrogen (secondary N) is 1. The van der Waals surface area contributed by atoms with Crippen LogP contribution in [0.4, 0.5) is 0 Å². The van der Waals surface area contributed by atoms with Crippen LogP contribution in [0, 0.1) is 0 Å². The number of para-hydroxylation sites is 1. The van der Waals surface area contributed by atoms with Gasteiger partial charge in [0.05, 0.1) is 13.0 Å². The fraction of sp³-hybridized carbons (Fsp3) is 0.438. The predicted molar refractivity (Wildman–Crippen MR) is 81.9 cm³/mol. The highest BCUT2D eigenvalue weighted by Crippen LogP contribution is 2.24. The Morgan fingerprint density at radius 3 is 2.71 bits per heavy atom. The molecule has 0 saturated carbocycles. The molecule has 1 aliphatic rings. The van der Waals surface area contributed by atoms with Crippen LogP contribution in [0.2, 0.25) is 0 Å². The number of ether oxygens (including phenoxy) is 2. The number of aromatic amines is 1. The molecule has 1 aliphatic heterocycles. The molecular formula is C16H19NO7. The molecule has 8 heteroatoms. The normalized spacial score (nSPS) is 30.4. The summed E-state index contributed by atoms with van der Waals surface area (Å²) in [4.78, 5) is 15.2. The van der Waals surface area contributed by atoms with E-state index in [0.29, 0.717) is 0 Å². The first-order valence-corrected chi connectivity index (χ1v) is 7.56. The number of carbonyl (C=O) groups excluding carboxylic acids is 1. The van der Waals surface area contributed by atoms with E-state index in [1.54, 1.807) is 6.20 Å². The lowest BCUT2D eigenvalue weighted by molar-refractivity contribution is -0.289. The van der Waals surface area contributed by atoms with Crippen LogP contribution in [0.1, 0.15) is 5.56 Å². The first-order chi connectivity index (χ1) is 11.5. The molecule has 2 aromatic rings. The van der Waals surface area contributed by atoms with E-state index in [2.05, 4.69) is 4.98 Å². The third-order valence-electron chi connectivity index (χ3n) is 4.12. The smallest absolute Gasteiger partial charge is 0.310 e. The van der Waals surface area contributed by atoms with Gasteiger partial charge in [0.25, 0.3) is 0 Å². The second-order valence-electron chi connectivity index (χ2n) is 5.72. The van der Waals surface area contributed by atoms with Gasteiger partial charge in [0.15, 0.2) is 12.4 Å². The van der Waals surface area contributed by atoms with E-state index in [9.17, 15) is 25.2 Å². The fourth-order valence-electron chi connectivity index (χ4n) is 2.84. The molecule has 2 heterocycles. The minimum absolute atomic E-state index is 0.0516. The molecule has 1 fully saturated rings. The van der Waals surface area contributed by atoms with Crippen molar-refractivity contribution in [1.29, 1.82) is 0 Å². The minimum Gasteiger partial charge on any atom is -0.456 e. The van der Waals surface area contributed by atoms with Gasteiger partial charge in [-0.05, 0) is 11.6 Å². The Hall–Kier alpha value is -1.97. The topological polar surface area (TPSA) is 132 Å². The number of hydrogen-bond acceptors (Lipinski definition) is 7. The number of hydrogen-bond donors (Lipinski definition) is 5. The third kappa shape index (κ3) is 3.14. The molecule has 1 saturated heterocycles. The molecule has 1 aromatic carbocycles. The number of fused-ring (bicyclic) bond motifs is 1. The molecule has 8 nitrogen and oxygen atoms in total. The molecule has 0 aliphatic carbocycles. The molecule has 5 N–H and O–H groups in total. The fourth-order valence-corrected chi connectivity index (χ4v) is 2.84. The standard InChI is InChI=1S/C16H19NO7/c18-7-11-15(13(20)14(21)16(22)23-11)24-12(19)5-8-6-17-10-4-2-1-3-9(8)10/h1-4,6,11,13-18,20-22H,5,7H2. The molecule has 5 unspecified atom stereocenters. The second kappa shape index (κ2) is 6.88. The number of esters is 1. The zero-order valence-electron chi connectivity index (χ0n) is 12.7. The molecule has 3 rings (SSSR count). The van der Waals surface area contributed by atoms with Crippen molar-refractivity contribution in [2.24, 2.45) is 0 Å². The number of carbonyl (C=O) groups is 1. The summed E-state index contributed by atoms with van der Waals surface area (Å²) >= 11 is 0. The first-order valence-electron chi connectivity index (χ1n) is 7.56. The minimum atomic E-state index is -1.65. The number of aromatic nitrogens is 1. The van der Waals surface area contributed by atoms with Crippen molar-refractivity contribution < 1.29 is 34.7 Å². The summed E-state index contributed by atoms with van der Waals surface area (Å²) in [5, 5.41) is 39.2. The van der Waals surface area contributed by atoms with E-state index in [0.717, 1.165) is 16.5 Å². The number of aliphatic hydroxyl groups excluding tert-OH is 4. The van der Waals surface area contributed by atoms with Crippen molar-refractivity contribution >= 4 is 16.9 Å². The second-order valence-corrected chi connectivity index (χ2v) is 5.72. The van der Waals surface area contributed by atoms with Gasteiger partial charge in [-0.15, -0.1) is 0 Å². The van der Waals surface area contributed by atoms with Crippen LogP contribution in [-0.4, -0.2) is 68.7 Å². The Morgan fingerprint density at radius 1 is 1.21 bits per heavy atom. The highest BCUT2D eigenvalue weighted by molar-refractivity contribution is 5.87. The summed E-state index contributed by atoms with van der Waals surface area (Å²) in [6, 6.07) is 7.46. The lowest BCUT2D eigenvalue weighted by Crippen LogP contribution is -2.59. The molecule has 5 atom stereocenters. The summed E-state index contributed by atoms with van der Waals surface area (Å²) in [6.45, 7) is -0.578. The molecule has 0 radical (unpaired) electrons. The maximum atomic E-state index is 12.2. The van der Waals surface area contributed by atoms with Crippen molar-refractivity contribution in [1.82, 2.24) is 4.98 Å². The Bertz CT molecular complexity index is 713. The van der Waals surface area contributed by atoms with Gasteiger partial charge >= 0.3 is 5.97 Å². The first kappa shape index (κ1) is 16.9. The van der Waals surface area contributed by atoms with Crippen LogP contribution >= 0.6 is 0 Å². The van der Waals surface area contributed by atoms with E-state index in [1.165, 1.54) is 0 Å². The van der Waals surface area contributed by atoms with Gasteiger partial charge in [-0.2, -0.15) is 0 Å². The SMILES string of the molecule is O=C(Cc1c[nH]c2ccccc12)OC1C(CO)OC(O)C(O)C1O. The summed E-state index contributed by atoms with van der Waals surface area (Å²) in [5.41, 5.74) is 1.61. The summed E-state index contributed by atoms with van der Waals surface area (Å²) in [6.07, 6.45) is -5.58. The van der Waals surface area contributed by atoms with Gasteiger partial charge in [-0.3, -0.25) is 4.79 Å². The van der Waals surface area contributed by atoms with Crippen molar-refractivity contribution in [3.8, 4) is 0 Å². The molecule has 1 aromatic heterocycles. The van der Waals surface area contributed by atoms with E-state index in [-0.39, 0.29) is 6.42 Å². The van der Waals surface area contributed by atoms with E-state index in [4.69, 9.17) is 9.47 Å². The average Bonchev–Trinajstić information content (AvgIpc) is 2.98. The van der Waals surface area contributed by atoms with Gasteiger partial charge in [0.1, 0.15) is 18.3 Å². The van der Waals surface area contributed by atoms with Gasteiger partial charge in [-0.1, -0.05) is 18.2 Å². The summed E-state index contributed by atoms with van der Waals surface area (Å²) < 4.78 is 10.1. The molecule has 0 amide bonds. The van der Waals surface area contributed by atoms with Gasteiger partial charge < -0.3 is 34.9 Å². The zero-order chi connectivity index (χ0) is 17.3. The maximum Gasteiger partial charge on any atom is 0.310 e. The molecular weight excluding hydrogens is 318 g/mol. The molecule has 130 valence electrons. The lowest BCUT2D eigenvalue weighted by atomic mass is 9.99. The predicted octanol–water partition coefficient (Wildman–Crippen LogP) is -0.947. The molecule has 0 spiro atoms. The number of aliphatic hydroxyl groups is 4. The quantitative estimate of drug-likeness (QED) is 0.455. The highest BCUT2D eigenvalue weighted by atomic mass is 16.7. The van der Waals surface area contributed by atoms with Crippen LogP contribution in [0.25, 0.3) is 10.9 Å². The van der Waals surface area contributed by atoms with Crippen LogP contribution in [0.15, 0.2) is 30.5 Å². The van der Waals surface area contributed by atoms with Crippen molar-refractivity contribution in [3.63, 3.8) is 0 Å². The van der Waals surface area contributed by atoms with Gasteiger partial charge in [0.2, 0.25) is 0 Å². The Morgan fingerprint density at radius 2 is 1.96 bits per heavy atom. The monoisotopic (exact) mass is 337 g/mol. The lowest BCUT2D eigenvalue weighted by Gasteiger charge is -2.39. The maximum absolute atomic E-state index is 12.2. The van der Waals surface area contributed by atoms with E-state index >= 15 is 0 Å². The number of H-pyrrole nitrogens is 1. The van der Waals surface area contributed by atoms with Crippen LogP contribution in [0.3, 0.4) is 0 Å². The van der Waals surface area contributed by atoms with Crippen molar-refractivity contribution in [2.45, 2.75) is 37.1 Å².